The number of benzene rings is 2. The zero-order valence-electron chi connectivity index (χ0n) is 18.0. The molecule has 0 atom stereocenters. The Bertz CT molecular complexity index is 1000. The second-order valence-corrected chi connectivity index (χ2v) is 10.2. The van der Waals surface area contributed by atoms with Crippen molar-refractivity contribution in [2.24, 2.45) is 0 Å². The molecule has 2 aromatic carbocycles. The van der Waals surface area contributed by atoms with E-state index >= 15 is 0 Å². The summed E-state index contributed by atoms with van der Waals surface area (Å²) in [5.74, 6) is -0.178. The molecule has 0 spiro atoms. The highest BCUT2D eigenvalue weighted by Crippen LogP contribution is 2.32. The van der Waals surface area contributed by atoms with Crippen LogP contribution in [0.15, 0.2) is 59.5 Å². The number of anilines is 1. The third-order valence-corrected chi connectivity index (χ3v) is 7.88. The summed E-state index contributed by atoms with van der Waals surface area (Å²) in [7, 11) is -1.65. The molecule has 1 fully saturated rings. The number of hydrogen-bond acceptors (Lipinski definition) is 5. The molecule has 2 aliphatic heterocycles. The first kappa shape index (κ1) is 22.0. The number of amides is 1. The van der Waals surface area contributed by atoms with Gasteiger partial charge < -0.3 is 14.7 Å². The predicted molar refractivity (Wildman–Crippen MR) is 121 cm³/mol. The molecule has 2 aromatic rings. The van der Waals surface area contributed by atoms with E-state index in [1.807, 2.05) is 30.3 Å². The fourth-order valence-corrected chi connectivity index (χ4v) is 5.76. The zero-order valence-corrected chi connectivity index (χ0v) is 18.8. The minimum atomic E-state index is -3.78. The number of fused-ring (bicyclic) bond motifs is 1. The number of carbonyl (C=O) groups excluding carboxylic acids is 1. The van der Waals surface area contributed by atoms with Gasteiger partial charge in [-0.15, -0.1) is 0 Å². The smallest absolute Gasteiger partial charge is 0.245 e. The van der Waals surface area contributed by atoms with Gasteiger partial charge in [0.25, 0.3) is 0 Å². The molecule has 166 valence electrons. The lowest BCUT2D eigenvalue weighted by Gasteiger charge is -2.33. The van der Waals surface area contributed by atoms with Crippen molar-refractivity contribution in [2.45, 2.75) is 17.9 Å². The third kappa shape index (κ3) is 4.98. The van der Waals surface area contributed by atoms with Crippen molar-refractivity contribution in [3.05, 3.63) is 60.2 Å². The Hall–Kier alpha value is -2.26. The van der Waals surface area contributed by atoms with Crippen molar-refractivity contribution >= 4 is 21.6 Å². The average Bonchev–Trinajstić information content (AvgIpc) is 2.85. The van der Waals surface area contributed by atoms with Gasteiger partial charge in [-0.3, -0.25) is 4.79 Å². The van der Waals surface area contributed by atoms with Crippen LogP contribution >= 0.6 is 0 Å². The lowest BCUT2D eigenvalue weighted by molar-refractivity contribution is -0.118. The second-order valence-electron chi connectivity index (χ2n) is 8.27. The van der Waals surface area contributed by atoms with E-state index < -0.39 is 10.0 Å². The topological polar surface area (TPSA) is 64.2 Å². The highest BCUT2D eigenvalue weighted by molar-refractivity contribution is 7.89. The molecule has 0 aromatic heterocycles. The third-order valence-electron chi connectivity index (χ3n) is 6.04. The van der Waals surface area contributed by atoms with E-state index in [0.717, 1.165) is 44.7 Å². The molecule has 4 rings (SSSR count). The number of carbonyl (C=O) groups is 1. The van der Waals surface area contributed by atoms with E-state index in [0.29, 0.717) is 12.2 Å². The van der Waals surface area contributed by atoms with Crippen LogP contribution in [0, 0.1) is 0 Å². The lowest BCUT2D eigenvalue weighted by Crippen LogP contribution is -2.45. The first-order valence-corrected chi connectivity index (χ1v) is 12.2. The largest absolute Gasteiger partial charge is 0.310 e. The monoisotopic (exact) mass is 442 g/mol. The Kier molecular flexibility index (Phi) is 6.71. The van der Waals surface area contributed by atoms with E-state index in [-0.39, 0.29) is 23.9 Å². The molecule has 0 aliphatic carbocycles. The summed E-state index contributed by atoms with van der Waals surface area (Å²) in [6, 6.07) is 16.3. The summed E-state index contributed by atoms with van der Waals surface area (Å²) in [5, 5.41) is 0. The van der Waals surface area contributed by atoms with Crippen molar-refractivity contribution < 1.29 is 13.2 Å². The Labute approximate surface area is 184 Å². The minimum absolute atomic E-state index is 0.152. The van der Waals surface area contributed by atoms with Gasteiger partial charge in [-0.05, 0) is 37.7 Å². The molecule has 0 N–H and O–H groups in total. The summed E-state index contributed by atoms with van der Waals surface area (Å²) >= 11 is 0. The Morgan fingerprint density at radius 1 is 0.871 bits per heavy atom. The van der Waals surface area contributed by atoms with Crippen LogP contribution in [0.2, 0.25) is 0 Å². The number of likely N-dealkylation sites (N-methyl/N-ethyl adjacent to an activating group) is 1. The van der Waals surface area contributed by atoms with Crippen LogP contribution < -0.4 is 4.90 Å². The van der Waals surface area contributed by atoms with Gasteiger partial charge in [0.2, 0.25) is 15.9 Å². The van der Waals surface area contributed by atoms with E-state index in [1.54, 1.807) is 29.2 Å². The van der Waals surface area contributed by atoms with Gasteiger partial charge in [-0.1, -0.05) is 42.5 Å². The van der Waals surface area contributed by atoms with E-state index in [4.69, 9.17) is 0 Å². The number of piperazine rings is 1. The van der Waals surface area contributed by atoms with Crippen LogP contribution in [0.1, 0.15) is 12.0 Å². The van der Waals surface area contributed by atoms with E-state index in [9.17, 15) is 13.2 Å². The molecule has 8 heteroatoms. The van der Waals surface area contributed by atoms with Crippen LogP contribution in [-0.4, -0.2) is 81.3 Å². The summed E-state index contributed by atoms with van der Waals surface area (Å²) in [6.45, 7) is 5.60. The Balaban J connectivity index is 1.53. The van der Waals surface area contributed by atoms with Crippen LogP contribution in [0.25, 0.3) is 0 Å². The molecule has 31 heavy (non-hydrogen) atoms. The van der Waals surface area contributed by atoms with Crippen LogP contribution in [0.4, 0.5) is 5.69 Å². The molecule has 1 saturated heterocycles. The number of nitrogens with zero attached hydrogens (tertiary/aromatic N) is 4. The molecule has 2 heterocycles. The molecule has 0 saturated carbocycles. The normalized spacial score (nSPS) is 20.4. The summed E-state index contributed by atoms with van der Waals surface area (Å²) in [5.41, 5.74) is 1.35. The fourth-order valence-electron chi connectivity index (χ4n) is 4.19. The second kappa shape index (κ2) is 9.48. The number of hydrogen-bond donors (Lipinski definition) is 0. The molecule has 0 radical (unpaired) electrons. The molecular weight excluding hydrogens is 412 g/mol. The summed E-state index contributed by atoms with van der Waals surface area (Å²) < 4.78 is 28.1. The zero-order chi connectivity index (χ0) is 21.8. The summed E-state index contributed by atoms with van der Waals surface area (Å²) in [4.78, 5) is 19.8. The Morgan fingerprint density at radius 3 is 2.29 bits per heavy atom. The van der Waals surface area contributed by atoms with Gasteiger partial charge in [0.1, 0.15) is 4.90 Å². The maximum atomic E-state index is 13.4. The van der Waals surface area contributed by atoms with Gasteiger partial charge in [0.05, 0.1) is 12.2 Å². The van der Waals surface area contributed by atoms with E-state index in [1.165, 1.54) is 4.31 Å². The number of rotatable bonds is 6. The molecule has 1 amide bonds. The predicted octanol–water partition coefficient (Wildman–Crippen LogP) is 1.86. The van der Waals surface area contributed by atoms with Gasteiger partial charge in [-0.25, -0.2) is 8.42 Å². The van der Waals surface area contributed by atoms with Gasteiger partial charge >= 0.3 is 0 Å². The Morgan fingerprint density at radius 2 is 1.55 bits per heavy atom. The molecule has 7 nitrogen and oxygen atoms in total. The minimum Gasteiger partial charge on any atom is -0.310 e. The first-order chi connectivity index (χ1) is 14.9. The van der Waals surface area contributed by atoms with Crippen molar-refractivity contribution in [3.63, 3.8) is 0 Å². The van der Waals surface area contributed by atoms with Crippen LogP contribution in [-0.2, 0) is 21.4 Å². The van der Waals surface area contributed by atoms with Crippen LogP contribution in [0.5, 0.6) is 0 Å². The maximum Gasteiger partial charge on any atom is 0.245 e. The van der Waals surface area contributed by atoms with Crippen molar-refractivity contribution in [3.8, 4) is 0 Å². The lowest BCUT2D eigenvalue weighted by atomic mass is 10.2. The first-order valence-electron chi connectivity index (χ1n) is 10.8. The fraction of sp³-hybridized carbons (Fsp3) is 0.435. The van der Waals surface area contributed by atoms with Crippen LogP contribution in [0.3, 0.4) is 0 Å². The number of sulfonamides is 1. The molecule has 0 bridgehead atoms. The highest BCUT2D eigenvalue weighted by atomic mass is 32.2. The molecule has 2 aliphatic rings. The quantitative estimate of drug-likeness (QED) is 0.683. The standard InChI is InChI=1S/C23H30N4O3S/c1-24-14-16-25(17-15-24)12-7-13-27-21-10-5-6-11-22(21)31(29,30)26(19-23(27)28)18-20-8-3-2-4-9-20/h2-6,8-11H,7,12-19H2,1H3. The van der Waals surface area contributed by atoms with Gasteiger partial charge in [0.15, 0.2) is 0 Å². The summed E-state index contributed by atoms with van der Waals surface area (Å²) in [6.07, 6.45) is 0.808. The number of para-hydroxylation sites is 1. The van der Waals surface area contributed by atoms with Gasteiger partial charge in [-0.2, -0.15) is 4.31 Å². The van der Waals surface area contributed by atoms with Crippen molar-refractivity contribution in [2.75, 3.05) is 57.8 Å². The molecular formula is C23H30N4O3S. The average molecular weight is 443 g/mol. The SMILES string of the molecule is CN1CCN(CCCN2C(=O)CN(Cc3ccccc3)S(=O)(=O)c3ccccc32)CC1. The molecule has 0 unspecified atom stereocenters. The van der Waals surface area contributed by atoms with Crippen molar-refractivity contribution in [1.29, 1.82) is 0 Å². The highest BCUT2D eigenvalue weighted by Gasteiger charge is 2.36. The van der Waals surface area contributed by atoms with Gasteiger partial charge in [0, 0.05) is 39.3 Å². The van der Waals surface area contributed by atoms with E-state index in [2.05, 4.69) is 16.8 Å². The van der Waals surface area contributed by atoms with Crippen molar-refractivity contribution in [1.82, 2.24) is 14.1 Å². The maximum absolute atomic E-state index is 13.4.